The summed E-state index contributed by atoms with van der Waals surface area (Å²) in [5.74, 6) is -0.410. The lowest BCUT2D eigenvalue weighted by atomic mass is 10.2. The van der Waals surface area contributed by atoms with E-state index in [9.17, 15) is 9.60 Å². The molecule has 2 N–H and O–H groups in total. The van der Waals surface area contributed by atoms with Crippen LogP contribution in [0.1, 0.15) is 11.4 Å². The molecule has 0 saturated heterocycles. The standard InChI is InChI=1S/C12H9BrFN7O2/c13-8-3-7(1-2-9(8)14)17-12(18-22)11-10(19-23-20-11)4-21-5-15-16-6-21/h1-3,5-6,22H,4H2,(H,17,18). The zero-order valence-corrected chi connectivity index (χ0v) is 13.0. The largest absolute Gasteiger partial charge is 0.314 e. The number of hydrogen-bond acceptors (Lipinski definition) is 7. The third-order valence-corrected chi connectivity index (χ3v) is 3.44. The van der Waals surface area contributed by atoms with Gasteiger partial charge in [0.25, 0.3) is 0 Å². The van der Waals surface area contributed by atoms with Crippen molar-refractivity contribution in [2.75, 3.05) is 0 Å². The molecular formula is C12H9BrFN7O2. The highest BCUT2D eigenvalue weighted by atomic mass is 79.9. The molecule has 0 spiro atoms. The Bertz CT molecular complexity index is 834. The molecule has 3 aromatic rings. The van der Waals surface area contributed by atoms with Crippen LogP contribution in [0, 0.1) is 5.82 Å². The number of nitrogens with zero attached hydrogens (tertiary/aromatic N) is 6. The van der Waals surface area contributed by atoms with Crippen molar-refractivity contribution in [2.24, 2.45) is 4.99 Å². The van der Waals surface area contributed by atoms with Crippen LogP contribution in [0.15, 0.2) is 44.9 Å². The fourth-order valence-corrected chi connectivity index (χ4v) is 2.15. The Morgan fingerprint density at radius 2 is 2.13 bits per heavy atom. The van der Waals surface area contributed by atoms with Crippen LogP contribution in [0.4, 0.5) is 10.1 Å². The lowest BCUT2D eigenvalue weighted by Gasteiger charge is -2.04. The van der Waals surface area contributed by atoms with E-state index in [4.69, 9.17) is 4.63 Å². The van der Waals surface area contributed by atoms with Crippen LogP contribution < -0.4 is 5.48 Å². The average molecular weight is 382 g/mol. The van der Waals surface area contributed by atoms with Gasteiger partial charge in [-0.2, -0.15) is 0 Å². The smallest absolute Gasteiger partial charge is 0.182 e. The number of aromatic nitrogens is 5. The highest BCUT2D eigenvalue weighted by Gasteiger charge is 2.17. The summed E-state index contributed by atoms with van der Waals surface area (Å²) >= 11 is 3.07. The van der Waals surface area contributed by atoms with E-state index in [-0.39, 0.29) is 22.5 Å². The second kappa shape index (κ2) is 6.62. The van der Waals surface area contributed by atoms with Crippen molar-refractivity contribution in [1.82, 2.24) is 30.6 Å². The molecule has 2 heterocycles. The maximum atomic E-state index is 13.3. The van der Waals surface area contributed by atoms with Crippen molar-refractivity contribution >= 4 is 27.5 Å². The van der Waals surface area contributed by atoms with E-state index in [0.717, 1.165) is 0 Å². The van der Waals surface area contributed by atoms with E-state index >= 15 is 0 Å². The monoisotopic (exact) mass is 381 g/mol. The van der Waals surface area contributed by atoms with Crippen LogP contribution in [0.3, 0.4) is 0 Å². The van der Waals surface area contributed by atoms with Crippen molar-refractivity contribution in [3.63, 3.8) is 0 Å². The van der Waals surface area contributed by atoms with Gasteiger partial charge in [0.2, 0.25) is 0 Å². The summed E-state index contributed by atoms with van der Waals surface area (Å²) in [5, 5.41) is 24.2. The maximum absolute atomic E-state index is 13.3. The highest BCUT2D eigenvalue weighted by molar-refractivity contribution is 9.10. The molecule has 0 bridgehead atoms. The summed E-state index contributed by atoms with van der Waals surface area (Å²) < 4.78 is 19.9. The number of hydrogen-bond donors (Lipinski definition) is 2. The SMILES string of the molecule is ON/C(=N\c1ccc(F)c(Br)c1)c1nonc1Cn1cnnc1. The predicted octanol–water partition coefficient (Wildman–Crippen LogP) is 1.67. The Labute approximate surface area is 136 Å². The van der Waals surface area contributed by atoms with E-state index in [1.54, 1.807) is 4.57 Å². The average Bonchev–Trinajstić information content (AvgIpc) is 3.21. The lowest BCUT2D eigenvalue weighted by molar-refractivity contribution is 0.234. The minimum absolute atomic E-state index is 0.00725. The van der Waals surface area contributed by atoms with Gasteiger partial charge in [0.1, 0.15) is 24.2 Å². The molecule has 0 aliphatic rings. The number of rotatable bonds is 4. The summed E-state index contributed by atoms with van der Waals surface area (Å²) in [5.41, 5.74) is 2.96. The van der Waals surface area contributed by atoms with Crippen LogP contribution in [-0.2, 0) is 6.54 Å². The number of amidine groups is 1. The summed E-state index contributed by atoms with van der Waals surface area (Å²) in [6.45, 7) is 0.277. The molecule has 0 unspecified atom stereocenters. The van der Waals surface area contributed by atoms with Crippen LogP contribution in [0.2, 0.25) is 0 Å². The molecule has 23 heavy (non-hydrogen) atoms. The molecular weight excluding hydrogens is 373 g/mol. The van der Waals surface area contributed by atoms with Gasteiger partial charge < -0.3 is 4.57 Å². The van der Waals surface area contributed by atoms with Gasteiger partial charge in [0.15, 0.2) is 11.5 Å². The van der Waals surface area contributed by atoms with E-state index in [0.29, 0.717) is 11.4 Å². The Balaban J connectivity index is 1.93. The number of halogens is 2. The van der Waals surface area contributed by atoms with E-state index in [1.807, 2.05) is 5.48 Å². The van der Waals surface area contributed by atoms with Gasteiger partial charge in [0, 0.05) is 0 Å². The number of benzene rings is 1. The molecule has 0 amide bonds. The second-order valence-electron chi connectivity index (χ2n) is 4.36. The Kier molecular flexibility index (Phi) is 4.39. The zero-order chi connectivity index (χ0) is 16.2. The fraction of sp³-hybridized carbons (Fsp3) is 0.0833. The summed E-state index contributed by atoms with van der Waals surface area (Å²) in [6.07, 6.45) is 3.00. The minimum Gasteiger partial charge on any atom is -0.314 e. The predicted molar refractivity (Wildman–Crippen MR) is 78.6 cm³/mol. The van der Waals surface area contributed by atoms with Gasteiger partial charge in [-0.25, -0.2) is 14.0 Å². The van der Waals surface area contributed by atoms with Crippen molar-refractivity contribution in [2.45, 2.75) is 6.54 Å². The van der Waals surface area contributed by atoms with E-state index < -0.39 is 5.82 Å². The number of aliphatic imine (C=N–C) groups is 1. The molecule has 0 saturated carbocycles. The molecule has 2 aromatic heterocycles. The number of nitrogens with one attached hydrogen (secondary N) is 1. The van der Waals surface area contributed by atoms with Gasteiger partial charge >= 0.3 is 0 Å². The normalized spacial score (nSPS) is 11.7. The van der Waals surface area contributed by atoms with Gasteiger partial charge in [-0.3, -0.25) is 10.7 Å². The van der Waals surface area contributed by atoms with Crippen molar-refractivity contribution < 1.29 is 14.2 Å². The van der Waals surface area contributed by atoms with Crippen molar-refractivity contribution in [3.8, 4) is 0 Å². The Morgan fingerprint density at radius 1 is 1.35 bits per heavy atom. The van der Waals surface area contributed by atoms with Gasteiger partial charge in [-0.1, -0.05) is 5.16 Å². The zero-order valence-electron chi connectivity index (χ0n) is 11.4. The van der Waals surface area contributed by atoms with Gasteiger partial charge in [-0.05, 0) is 39.3 Å². The fourth-order valence-electron chi connectivity index (χ4n) is 1.78. The lowest BCUT2D eigenvalue weighted by Crippen LogP contribution is -2.22. The molecule has 9 nitrogen and oxygen atoms in total. The molecule has 11 heteroatoms. The molecule has 0 aliphatic carbocycles. The number of hydroxylamine groups is 1. The molecule has 1 aromatic carbocycles. The Morgan fingerprint density at radius 3 is 2.83 bits per heavy atom. The first kappa shape index (κ1) is 15.2. The van der Waals surface area contributed by atoms with Crippen LogP contribution >= 0.6 is 15.9 Å². The summed E-state index contributed by atoms with van der Waals surface area (Å²) in [4.78, 5) is 4.17. The van der Waals surface area contributed by atoms with Gasteiger partial charge in [-0.15, -0.1) is 10.2 Å². The van der Waals surface area contributed by atoms with Crippen molar-refractivity contribution in [3.05, 3.63) is 52.5 Å². The summed E-state index contributed by atoms with van der Waals surface area (Å²) in [7, 11) is 0. The van der Waals surface area contributed by atoms with E-state index in [1.165, 1.54) is 30.9 Å². The first-order valence-corrected chi connectivity index (χ1v) is 7.04. The second-order valence-corrected chi connectivity index (χ2v) is 5.22. The molecule has 0 fully saturated rings. The first-order chi connectivity index (χ1) is 11.2. The highest BCUT2D eigenvalue weighted by Crippen LogP contribution is 2.22. The van der Waals surface area contributed by atoms with Gasteiger partial charge in [0.05, 0.1) is 16.7 Å². The van der Waals surface area contributed by atoms with Crippen LogP contribution in [0.5, 0.6) is 0 Å². The molecule has 0 atom stereocenters. The first-order valence-electron chi connectivity index (χ1n) is 6.25. The quantitative estimate of drug-likeness (QED) is 0.401. The summed E-state index contributed by atoms with van der Waals surface area (Å²) in [6, 6.07) is 4.15. The third kappa shape index (κ3) is 3.40. The third-order valence-electron chi connectivity index (χ3n) is 2.83. The molecule has 118 valence electrons. The van der Waals surface area contributed by atoms with Crippen molar-refractivity contribution in [1.29, 1.82) is 0 Å². The Hall–Kier alpha value is -2.66. The maximum Gasteiger partial charge on any atom is 0.182 e. The molecule has 3 rings (SSSR count). The van der Waals surface area contributed by atoms with E-state index in [2.05, 4.69) is 41.4 Å². The minimum atomic E-state index is -0.418. The van der Waals surface area contributed by atoms with Crippen LogP contribution in [-0.4, -0.2) is 36.1 Å². The van der Waals surface area contributed by atoms with Crippen LogP contribution in [0.25, 0.3) is 0 Å². The molecule has 0 aliphatic heterocycles. The molecule has 0 radical (unpaired) electrons. The topological polar surface area (TPSA) is 114 Å².